The van der Waals surface area contributed by atoms with E-state index >= 15 is 0 Å². The molecule has 2 rings (SSSR count). The first-order chi connectivity index (χ1) is 7.79. The van der Waals surface area contributed by atoms with Crippen molar-refractivity contribution in [1.82, 2.24) is 4.90 Å². The van der Waals surface area contributed by atoms with Crippen molar-refractivity contribution in [3.63, 3.8) is 0 Å². The highest BCUT2D eigenvalue weighted by Crippen LogP contribution is 2.14. The lowest BCUT2D eigenvalue weighted by atomic mass is 10.1. The van der Waals surface area contributed by atoms with Crippen LogP contribution in [-0.4, -0.2) is 30.7 Å². The minimum absolute atomic E-state index is 0.428. The van der Waals surface area contributed by atoms with Crippen molar-refractivity contribution in [2.45, 2.75) is 32.9 Å². The predicted molar refractivity (Wildman–Crippen MR) is 66.5 cm³/mol. The molecule has 1 fully saturated rings. The van der Waals surface area contributed by atoms with Gasteiger partial charge < -0.3 is 4.74 Å². The monoisotopic (exact) mass is 219 g/mol. The highest BCUT2D eigenvalue weighted by molar-refractivity contribution is 5.25. The van der Waals surface area contributed by atoms with Gasteiger partial charge in [-0.25, -0.2) is 0 Å². The Morgan fingerprint density at radius 2 is 2.19 bits per heavy atom. The Morgan fingerprint density at radius 3 is 2.94 bits per heavy atom. The Balaban J connectivity index is 1.97. The maximum Gasteiger partial charge on any atom is 0.0700 e. The summed E-state index contributed by atoms with van der Waals surface area (Å²) in [5.41, 5.74) is 2.83. The Morgan fingerprint density at radius 1 is 1.38 bits per heavy atom. The van der Waals surface area contributed by atoms with Crippen LogP contribution in [-0.2, 0) is 11.3 Å². The van der Waals surface area contributed by atoms with Crippen LogP contribution in [0.2, 0.25) is 0 Å². The van der Waals surface area contributed by atoms with Gasteiger partial charge in [-0.15, -0.1) is 0 Å². The van der Waals surface area contributed by atoms with E-state index in [-0.39, 0.29) is 0 Å². The zero-order valence-corrected chi connectivity index (χ0v) is 10.3. The number of rotatable bonds is 3. The number of hydrogen-bond donors (Lipinski definition) is 0. The van der Waals surface area contributed by atoms with Crippen LogP contribution in [0.3, 0.4) is 0 Å². The summed E-state index contributed by atoms with van der Waals surface area (Å²) in [6.45, 7) is 8.46. The zero-order valence-electron chi connectivity index (χ0n) is 10.3. The minimum Gasteiger partial charge on any atom is -0.376 e. The van der Waals surface area contributed by atoms with Crippen molar-refractivity contribution in [2.24, 2.45) is 0 Å². The fourth-order valence-electron chi connectivity index (χ4n) is 2.20. The van der Waals surface area contributed by atoms with E-state index in [9.17, 15) is 0 Å². The number of hydrogen-bond acceptors (Lipinski definition) is 2. The van der Waals surface area contributed by atoms with E-state index in [1.54, 1.807) is 0 Å². The number of morpholine rings is 1. The van der Waals surface area contributed by atoms with Gasteiger partial charge >= 0.3 is 0 Å². The number of nitrogens with zero attached hydrogens (tertiary/aromatic N) is 1. The van der Waals surface area contributed by atoms with Crippen molar-refractivity contribution in [2.75, 3.05) is 19.7 Å². The van der Waals surface area contributed by atoms with Crippen LogP contribution >= 0.6 is 0 Å². The molecule has 2 nitrogen and oxygen atoms in total. The van der Waals surface area contributed by atoms with Crippen LogP contribution < -0.4 is 0 Å². The fraction of sp³-hybridized carbons (Fsp3) is 0.571. The standard InChI is InChI=1S/C14H21NO/c1-3-14-11-15(8-9-16-14)10-13-7-5-4-6-12(13)2/h4-7,14H,3,8-11H2,1-2H3/t14-/m1/s1. The van der Waals surface area contributed by atoms with Gasteiger partial charge in [-0.2, -0.15) is 0 Å². The molecule has 0 unspecified atom stereocenters. The predicted octanol–water partition coefficient (Wildman–Crippen LogP) is 2.61. The summed E-state index contributed by atoms with van der Waals surface area (Å²) in [5, 5.41) is 0. The Labute approximate surface area is 98.2 Å². The molecule has 0 aliphatic carbocycles. The number of aryl methyl sites for hydroxylation is 1. The van der Waals surface area contributed by atoms with Crippen molar-refractivity contribution in [1.29, 1.82) is 0 Å². The largest absolute Gasteiger partial charge is 0.376 e. The van der Waals surface area contributed by atoms with E-state index in [1.807, 2.05) is 0 Å². The van der Waals surface area contributed by atoms with Gasteiger partial charge in [0.1, 0.15) is 0 Å². The summed E-state index contributed by atoms with van der Waals surface area (Å²) in [5.74, 6) is 0. The van der Waals surface area contributed by atoms with Crippen LogP contribution in [0.15, 0.2) is 24.3 Å². The lowest BCUT2D eigenvalue weighted by molar-refractivity contribution is -0.0325. The molecule has 0 bridgehead atoms. The van der Waals surface area contributed by atoms with E-state index in [4.69, 9.17) is 4.74 Å². The fourth-order valence-corrected chi connectivity index (χ4v) is 2.20. The van der Waals surface area contributed by atoms with E-state index in [0.717, 1.165) is 32.7 Å². The normalized spacial score (nSPS) is 22.2. The van der Waals surface area contributed by atoms with Crippen LogP contribution in [0.1, 0.15) is 24.5 Å². The minimum atomic E-state index is 0.428. The highest BCUT2D eigenvalue weighted by atomic mass is 16.5. The molecule has 1 saturated heterocycles. The Hall–Kier alpha value is -0.860. The summed E-state index contributed by atoms with van der Waals surface area (Å²) in [6, 6.07) is 8.64. The highest BCUT2D eigenvalue weighted by Gasteiger charge is 2.18. The van der Waals surface area contributed by atoms with Gasteiger partial charge in [0, 0.05) is 19.6 Å². The molecular formula is C14H21NO. The molecule has 0 saturated carbocycles. The quantitative estimate of drug-likeness (QED) is 0.775. The molecule has 1 heterocycles. The molecule has 1 aliphatic heterocycles. The number of benzene rings is 1. The lowest BCUT2D eigenvalue weighted by Gasteiger charge is -2.32. The van der Waals surface area contributed by atoms with Gasteiger partial charge in [0.05, 0.1) is 12.7 Å². The van der Waals surface area contributed by atoms with Crippen LogP contribution in [0.4, 0.5) is 0 Å². The third-order valence-electron chi connectivity index (χ3n) is 3.33. The molecule has 2 heteroatoms. The summed E-state index contributed by atoms with van der Waals surface area (Å²) < 4.78 is 5.68. The average molecular weight is 219 g/mol. The average Bonchev–Trinajstić information content (AvgIpc) is 2.32. The molecule has 0 N–H and O–H groups in total. The van der Waals surface area contributed by atoms with Gasteiger partial charge in [-0.3, -0.25) is 4.90 Å². The van der Waals surface area contributed by atoms with E-state index < -0.39 is 0 Å². The molecule has 1 aliphatic rings. The second-order valence-corrected chi connectivity index (χ2v) is 4.56. The smallest absolute Gasteiger partial charge is 0.0700 e. The molecule has 1 atom stereocenters. The van der Waals surface area contributed by atoms with Gasteiger partial charge in [-0.1, -0.05) is 31.2 Å². The third kappa shape index (κ3) is 2.83. The van der Waals surface area contributed by atoms with Crippen LogP contribution in [0.5, 0.6) is 0 Å². The van der Waals surface area contributed by atoms with Crippen LogP contribution in [0.25, 0.3) is 0 Å². The Kier molecular flexibility index (Phi) is 3.97. The first kappa shape index (κ1) is 11.6. The van der Waals surface area contributed by atoms with Crippen LogP contribution in [0, 0.1) is 6.92 Å². The molecule has 0 spiro atoms. The van der Waals surface area contributed by atoms with Crippen molar-refractivity contribution in [3.8, 4) is 0 Å². The first-order valence-electron chi connectivity index (χ1n) is 6.18. The lowest BCUT2D eigenvalue weighted by Crippen LogP contribution is -2.41. The summed E-state index contributed by atoms with van der Waals surface area (Å²) in [7, 11) is 0. The van der Waals surface area contributed by atoms with Gasteiger partial charge in [0.15, 0.2) is 0 Å². The van der Waals surface area contributed by atoms with E-state index in [2.05, 4.69) is 43.0 Å². The van der Waals surface area contributed by atoms with Gasteiger partial charge in [0.2, 0.25) is 0 Å². The van der Waals surface area contributed by atoms with E-state index in [1.165, 1.54) is 11.1 Å². The molecular weight excluding hydrogens is 198 g/mol. The number of ether oxygens (including phenoxy) is 1. The molecule has 1 aromatic carbocycles. The molecule has 16 heavy (non-hydrogen) atoms. The molecule has 0 aromatic heterocycles. The van der Waals surface area contributed by atoms with Crippen molar-refractivity contribution in [3.05, 3.63) is 35.4 Å². The summed E-state index contributed by atoms with van der Waals surface area (Å²) >= 11 is 0. The summed E-state index contributed by atoms with van der Waals surface area (Å²) in [4.78, 5) is 2.50. The topological polar surface area (TPSA) is 12.5 Å². The van der Waals surface area contributed by atoms with Crippen molar-refractivity contribution >= 4 is 0 Å². The third-order valence-corrected chi connectivity index (χ3v) is 3.33. The molecule has 0 radical (unpaired) electrons. The molecule has 1 aromatic rings. The SMILES string of the molecule is CC[C@@H]1CN(Cc2ccccc2C)CCO1. The second-order valence-electron chi connectivity index (χ2n) is 4.56. The van der Waals surface area contributed by atoms with Gasteiger partial charge in [0.25, 0.3) is 0 Å². The molecule has 0 amide bonds. The van der Waals surface area contributed by atoms with Gasteiger partial charge in [-0.05, 0) is 24.5 Å². The Bertz CT molecular complexity index is 337. The maximum atomic E-state index is 5.68. The summed E-state index contributed by atoms with van der Waals surface area (Å²) in [6.07, 6.45) is 1.54. The van der Waals surface area contributed by atoms with E-state index in [0.29, 0.717) is 6.10 Å². The molecule has 88 valence electrons. The maximum absolute atomic E-state index is 5.68. The zero-order chi connectivity index (χ0) is 11.4. The van der Waals surface area contributed by atoms with Crippen molar-refractivity contribution < 1.29 is 4.74 Å². The first-order valence-corrected chi connectivity index (χ1v) is 6.18. The second kappa shape index (κ2) is 5.46.